The number of carbonyl (C=O) groups is 1. The quantitative estimate of drug-likeness (QED) is 0.928. The van der Waals surface area contributed by atoms with E-state index in [-0.39, 0.29) is 11.8 Å². The zero-order valence-electron chi connectivity index (χ0n) is 12.3. The number of likely N-dealkylation sites (tertiary alicyclic amines) is 1. The average Bonchev–Trinajstić information content (AvgIpc) is 3.12. The Bertz CT molecular complexity index is 798. The van der Waals surface area contributed by atoms with Gasteiger partial charge in [0.1, 0.15) is 4.90 Å². The molecule has 2 aromatic rings. The predicted octanol–water partition coefficient (Wildman–Crippen LogP) is 2.05. The van der Waals surface area contributed by atoms with Gasteiger partial charge in [-0.15, -0.1) is 11.3 Å². The fourth-order valence-electron chi connectivity index (χ4n) is 2.75. The molecule has 1 N–H and O–H groups in total. The number of rotatable bonds is 4. The minimum Gasteiger partial charge on any atom is -0.343 e. The molecule has 1 aromatic carbocycles. The van der Waals surface area contributed by atoms with Crippen LogP contribution in [0.25, 0.3) is 10.1 Å². The van der Waals surface area contributed by atoms with Gasteiger partial charge in [0, 0.05) is 42.0 Å². The Morgan fingerprint density at radius 3 is 2.91 bits per heavy atom. The van der Waals surface area contributed by atoms with E-state index < -0.39 is 10.0 Å². The van der Waals surface area contributed by atoms with Crippen molar-refractivity contribution in [3.05, 3.63) is 29.6 Å². The van der Waals surface area contributed by atoms with Gasteiger partial charge in [0.2, 0.25) is 15.9 Å². The minimum atomic E-state index is -3.51. The number of fused-ring (bicyclic) bond motifs is 1. The van der Waals surface area contributed by atoms with Gasteiger partial charge in [0.05, 0.1) is 0 Å². The first kappa shape index (κ1) is 15.5. The third kappa shape index (κ3) is 3.02. The second-order valence-electron chi connectivity index (χ2n) is 5.57. The van der Waals surface area contributed by atoms with Gasteiger partial charge in [0.25, 0.3) is 0 Å². The van der Waals surface area contributed by atoms with E-state index in [1.807, 2.05) is 24.3 Å². The van der Waals surface area contributed by atoms with Crippen molar-refractivity contribution in [1.82, 2.24) is 9.62 Å². The first-order chi connectivity index (χ1) is 10.5. The van der Waals surface area contributed by atoms with Crippen molar-refractivity contribution in [3.63, 3.8) is 0 Å². The summed E-state index contributed by atoms with van der Waals surface area (Å²) in [6.07, 6.45) is 0.840. The molecule has 3 rings (SSSR count). The predicted molar refractivity (Wildman–Crippen MR) is 87.4 cm³/mol. The number of nitrogens with zero attached hydrogens (tertiary/aromatic N) is 1. The van der Waals surface area contributed by atoms with E-state index in [0.29, 0.717) is 24.5 Å². The number of carbonyl (C=O) groups excluding carboxylic acids is 1. The number of thiophene rings is 1. The number of sulfonamides is 1. The molecule has 0 unspecified atom stereocenters. The highest BCUT2D eigenvalue weighted by Gasteiger charge is 2.26. The fourth-order valence-corrected chi connectivity index (χ4v) is 5.37. The van der Waals surface area contributed by atoms with Crippen LogP contribution in [0.5, 0.6) is 0 Å². The van der Waals surface area contributed by atoms with Crippen LogP contribution in [-0.2, 0) is 14.8 Å². The van der Waals surface area contributed by atoms with Crippen LogP contribution in [0.1, 0.15) is 13.3 Å². The summed E-state index contributed by atoms with van der Waals surface area (Å²) in [4.78, 5) is 13.4. The summed E-state index contributed by atoms with van der Waals surface area (Å²) in [5, 5.41) is 2.44. The second-order valence-corrected chi connectivity index (χ2v) is 8.21. The molecule has 1 aliphatic rings. The molecular formula is C15H18N2O3S2. The lowest BCUT2D eigenvalue weighted by atomic mass is 10.1. The molecular weight excluding hydrogens is 320 g/mol. The molecule has 1 saturated heterocycles. The van der Waals surface area contributed by atoms with Crippen LogP contribution in [0.4, 0.5) is 0 Å². The van der Waals surface area contributed by atoms with Gasteiger partial charge in [-0.25, -0.2) is 13.1 Å². The highest BCUT2D eigenvalue weighted by Crippen LogP contribution is 2.29. The molecule has 0 saturated carbocycles. The Morgan fingerprint density at radius 2 is 2.18 bits per heavy atom. The van der Waals surface area contributed by atoms with E-state index >= 15 is 0 Å². The van der Waals surface area contributed by atoms with Crippen molar-refractivity contribution in [2.45, 2.75) is 18.2 Å². The third-order valence-electron chi connectivity index (χ3n) is 4.03. The van der Waals surface area contributed by atoms with Crippen molar-refractivity contribution in [2.75, 3.05) is 19.6 Å². The zero-order valence-corrected chi connectivity index (χ0v) is 13.9. The molecule has 5 nitrogen and oxygen atoms in total. The SMILES string of the molecule is CC(=O)N1CC[C@@H](CNS(=O)(=O)c2csc3ccccc23)C1. The maximum absolute atomic E-state index is 12.5. The summed E-state index contributed by atoms with van der Waals surface area (Å²) in [6.45, 7) is 3.26. The lowest BCUT2D eigenvalue weighted by Gasteiger charge is -2.14. The van der Waals surface area contributed by atoms with E-state index in [0.717, 1.165) is 16.5 Å². The van der Waals surface area contributed by atoms with E-state index in [1.54, 1.807) is 17.2 Å². The molecule has 0 radical (unpaired) electrons. The molecule has 1 aliphatic heterocycles. The van der Waals surface area contributed by atoms with Crippen LogP contribution in [0.2, 0.25) is 0 Å². The molecule has 1 atom stereocenters. The normalized spacial score (nSPS) is 19.0. The number of hydrogen-bond acceptors (Lipinski definition) is 4. The highest BCUT2D eigenvalue weighted by atomic mass is 32.2. The van der Waals surface area contributed by atoms with E-state index in [9.17, 15) is 13.2 Å². The molecule has 0 bridgehead atoms. The van der Waals surface area contributed by atoms with Crippen LogP contribution in [0.3, 0.4) is 0 Å². The summed E-state index contributed by atoms with van der Waals surface area (Å²) in [6, 6.07) is 7.49. The Labute approximate surface area is 134 Å². The first-order valence-electron chi connectivity index (χ1n) is 7.19. The molecule has 2 heterocycles. The Morgan fingerprint density at radius 1 is 1.41 bits per heavy atom. The summed E-state index contributed by atoms with van der Waals surface area (Å²) < 4.78 is 28.6. The van der Waals surface area contributed by atoms with Crippen molar-refractivity contribution >= 4 is 37.4 Å². The molecule has 1 amide bonds. The van der Waals surface area contributed by atoms with Gasteiger partial charge in [-0.05, 0) is 18.4 Å². The van der Waals surface area contributed by atoms with Crippen LogP contribution in [-0.4, -0.2) is 38.9 Å². The first-order valence-corrected chi connectivity index (χ1v) is 9.55. The van der Waals surface area contributed by atoms with Gasteiger partial charge < -0.3 is 4.90 Å². The van der Waals surface area contributed by atoms with E-state index in [1.165, 1.54) is 11.3 Å². The summed E-state index contributed by atoms with van der Waals surface area (Å²) >= 11 is 1.43. The molecule has 118 valence electrons. The smallest absolute Gasteiger partial charge is 0.242 e. The summed E-state index contributed by atoms with van der Waals surface area (Å²) in [7, 11) is -3.51. The van der Waals surface area contributed by atoms with E-state index in [2.05, 4.69) is 4.72 Å². The van der Waals surface area contributed by atoms with Crippen molar-refractivity contribution < 1.29 is 13.2 Å². The van der Waals surface area contributed by atoms with Crippen molar-refractivity contribution in [3.8, 4) is 0 Å². The Kier molecular flexibility index (Phi) is 4.20. The average molecular weight is 338 g/mol. The monoisotopic (exact) mass is 338 g/mol. The number of nitrogens with one attached hydrogen (secondary N) is 1. The second kappa shape index (κ2) is 5.98. The largest absolute Gasteiger partial charge is 0.343 e. The number of benzene rings is 1. The lowest BCUT2D eigenvalue weighted by molar-refractivity contribution is -0.127. The number of amides is 1. The number of hydrogen-bond donors (Lipinski definition) is 1. The molecule has 0 aliphatic carbocycles. The standard InChI is InChI=1S/C15H18N2O3S2/c1-11(18)17-7-6-12(9-17)8-16-22(19,20)15-10-21-14-5-3-2-4-13(14)15/h2-5,10,12,16H,6-9H2,1H3/t12-/m0/s1. The summed E-state index contributed by atoms with van der Waals surface area (Å²) in [5.41, 5.74) is 0. The molecule has 0 spiro atoms. The van der Waals surface area contributed by atoms with Gasteiger partial charge in [-0.3, -0.25) is 4.79 Å². The summed E-state index contributed by atoms with van der Waals surface area (Å²) in [5.74, 6) is 0.234. The van der Waals surface area contributed by atoms with Gasteiger partial charge in [-0.2, -0.15) is 0 Å². The van der Waals surface area contributed by atoms with Gasteiger partial charge in [-0.1, -0.05) is 18.2 Å². The van der Waals surface area contributed by atoms with E-state index in [4.69, 9.17) is 0 Å². The Hall–Kier alpha value is -1.44. The van der Waals surface area contributed by atoms with Gasteiger partial charge in [0.15, 0.2) is 0 Å². The maximum Gasteiger partial charge on any atom is 0.242 e. The zero-order chi connectivity index (χ0) is 15.7. The van der Waals surface area contributed by atoms with Crippen molar-refractivity contribution in [2.24, 2.45) is 5.92 Å². The molecule has 22 heavy (non-hydrogen) atoms. The minimum absolute atomic E-state index is 0.0502. The van der Waals surface area contributed by atoms with Gasteiger partial charge >= 0.3 is 0 Å². The highest BCUT2D eigenvalue weighted by molar-refractivity contribution is 7.90. The molecule has 7 heteroatoms. The molecule has 1 aromatic heterocycles. The maximum atomic E-state index is 12.5. The van der Waals surface area contributed by atoms with Crippen LogP contribution in [0.15, 0.2) is 34.5 Å². The van der Waals surface area contributed by atoms with Crippen molar-refractivity contribution in [1.29, 1.82) is 0 Å². The van der Waals surface area contributed by atoms with Crippen LogP contribution >= 0.6 is 11.3 Å². The van der Waals surface area contributed by atoms with Crippen LogP contribution < -0.4 is 4.72 Å². The fraction of sp³-hybridized carbons (Fsp3) is 0.400. The Balaban J connectivity index is 1.71. The topological polar surface area (TPSA) is 66.5 Å². The third-order valence-corrected chi connectivity index (χ3v) is 6.60. The van der Waals surface area contributed by atoms with Crippen LogP contribution in [0, 0.1) is 5.92 Å². The molecule has 1 fully saturated rings. The lowest BCUT2D eigenvalue weighted by Crippen LogP contribution is -2.32.